The van der Waals surface area contributed by atoms with Crippen molar-refractivity contribution >= 4 is 28.9 Å². The van der Waals surface area contributed by atoms with Gasteiger partial charge in [0.25, 0.3) is 0 Å². The van der Waals surface area contributed by atoms with Crippen molar-refractivity contribution in [2.45, 2.75) is 56.4 Å². The van der Waals surface area contributed by atoms with Crippen LogP contribution in [0.2, 0.25) is 0 Å². The van der Waals surface area contributed by atoms with E-state index in [1.54, 1.807) is 0 Å². The Morgan fingerprint density at radius 3 is 2.55 bits per heavy atom. The minimum absolute atomic E-state index is 0.215. The monoisotopic (exact) mass is 316 g/mol. The van der Waals surface area contributed by atoms with Crippen molar-refractivity contribution in [2.24, 2.45) is 0 Å². The van der Waals surface area contributed by atoms with Crippen LogP contribution in [-0.4, -0.2) is 10.9 Å². The lowest BCUT2D eigenvalue weighted by atomic mass is 10.1. The highest BCUT2D eigenvalue weighted by atomic mass is 35.5. The van der Waals surface area contributed by atoms with Gasteiger partial charge in [0.15, 0.2) is 0 Å². The topological polar surface area (TPSA) is 31.9 Å². The van der Waals surface area contributed by atoms with Crippen molar-refractivity contribution < 1.29 is 5.11 Å². The lowest BCUT2D eigenvalue weighted by Crippen LogP contribution is -2.18. The summed E-state index contributed by atoms with van der Waals surface area (Å²) in [5, 5.41) is 14.3. The maximum atomic E-state index is 11.0. The smallest absolute Gasteiger partial charge is 0.120 e. The van der Waals surface area contributed by atoms with Gasteiger partial charge in [-0.15, -0.1) is 23.2 Å². The fraction of sp³-hybridized carbons (Fsp3) is 0.625. The summed E-state index contributed by atoms with van der Waals surface area (Å²) in [5.41, 5.74) is 1.67. The number of anilines is 1. The fourth-order valence-electron chi connectivity index (χ4n) is 2.13. The quantitative estimate of drug-likeness (QED) is 0.444. The number of alkyl halides is 2. The molecule has 0 aliphatic carbocycles. The molecule has 0 aliphatic heterocycles. The number of benzene rings is 1. The summed E-state index contributed by atoms with van der Waals surface area (Å²) in [7, 11) is 0. The van der Waals surface area contributed by atoms with E-state index in [0.717, 1.165) is 24.1 Å². The molecule has 113 valence electrons. The molecular weight excluding hydrogens is 293 g/mol. The largest absolute Gasteiger partial charge is 0.385 e. The maximum absolute atomic E-state index is 11.0. The minimum atomic E-state index is -0.673. The van der Waals surface area contributed by atoms with E-state index in [4.69, 9.17) is 23.2 Å². The van der Waals surface area contributed by atoms with Crippen LogP contribution in [0.5, 0.6) is 0 Å². The summed E-state index contributed by atoms with van der Waals surface area (Å²) in [6, 6.07) is 7.55. The summed E-state index contributed by atoms with van der Waals surface area (Å²) in [4.78, 5) is 0. The average Bonchev–Trinajstić information content (AvgIpc) is 2.44. The van der Waals surface area contributed by atoms with Crippen LogP contribution < -0.4 is 5.32 Å². The van der Waals surface area contributed by atoms with Crippen molar-refractivity contribution in [2.75, 3.05) is 11.9 Å². The van der Waals surface area contributed by atoms with Crippen LogP contribution in [0.25, 0.3) is 0 Å². The normalized spacial score (nSPS) is 11.6. The second-order valence-corrected chi connectivity index (χ2v) is 6.79. The molecule has 0 aliphatic rings. The molecule has 20 heavy (non-hydrogen) atoms. The summed E-state index contributed by atoms with van der Waals surface area (Å²) in [6.07, 6.45) is 6.20. The lowest BCUT2D eigenvalue weighted by molar-refractivity contribution is 0.178. The highest BCUT2D eigenvalue weighted by molar-refractivity contribution is 6.48. The zero-order chi connectivity index (χ0) is 14.8. The number of para-hydroxylation sites is 1. The molecule has 0 unspecified atom stereocenters. The Balaban J connectivity index is 2.31. The molecule has 2 nitrogen and oxygen atoms in total. The van der Waals surface area contributed by atoms with Crippen molar-refractivity contribution in [3.63, 3.8) is 0 Å². The molecule has 1 rings (SSSR count). The number of rotatable bonds is 10. The van der Waals surface area contributed by atoms with Gasteiger partial charge in [0.05, 0.1) is 0 Å². The average molecular weight is 317 g/mol. The van der Waals surface area contributed by atoms with Gasteiger partial charge in [-0.2, -0.15) is 0 Å². The number of hydrogen-bond donors (Lipinski definition) is 1. The first-order valence-electron chi connectivity index (χ1n) is 7.37. The van der Waals surface area contributed by atoms with E-state index < -0.39 is 4.33 Å². The number of halogens is 2. The summed E-state index contributed by atoms with van der Waals surface area (Å²) in [6.45, 7) is 2.65. The van der Waals surface area contributed by atoms with Crippen molar-refractivity contribution in [1.29, 1.82) is 0 Å². The van der Waals surface area contributed by atoms with Gasteiger partial charge in [0.1, 0.15) is 10.9 Å². The van der Waals surface area contributed by atoms with Gasteiger partial charge in [0.2, 0.25) is 0 Å². The minimum Gasteiger partial charge on any atom is -0.385 e. The first kappa shape index (κ1) is 17.6. The Morgan fingerprint density at radius 2 is 1.85 bits per heavy atom. The molecule has 0 spiro atoms. The molecule has 0 atom stereocenters. The van der Waals surface area contributed by atoms with Crippen molar-refractivity contribution in [3.8, 4) is 0 Å². The van der Waals surface area contributed by atoms with Crippen LogP contribution in [0.4, 0.5) is 5.69 Å². The zero-order valence-corrected chi connectivity index (χ0v) is 13.6. The molecule has 1 aromatic rings. The van der Waals surface area contributed by atoms with E-state index in [2.05, 4.69) is 12.2 Å². The van der Waals surface area contributed by atoms with Gasteiger partial charge >= 0.3 is 0 Å². The highest BCUT2D eigenvalue weighted by Crippen LogP contribution is 2.31. The number of nitrogens with one attached hydrogen (secondary N) is 1. The van der Waals surface area contributed by atoms with Gasteiger partial charge in [0, 0.05) is 17.8 Å². The first-order valence-corrected chi connectivity index (χ1v) is 8.12. The van der Waals surface area contributed by atoms with Crippen LogP contribution >= 0.6 is 23.2 Å². The summed E-state index contributed by atoms with van der Waals surface area (Å²) in [5.74, 6) is 0. The molecule has 0 amide bonds. The molecule has 4 heteroatoms. The van der Waals surface area contributed by atoms with Crippen LogP contribution in [-0.2, 0) is 11.7 Å². The first-order chi connectivity index (χ1) is 9.59. The SMILES string of the molecule is CCCCCCC(Cl)(Cl)CCNc1ccccc1C[O]. The van der Waals surface area contributed by atoms with Gasteiger partial charge in [-0.05, 0) is 18.9 Å². The molecule has 0 heterocycles. The third-order valence-corrected chi connectivity index (χ3v) is 4.13. The van der Waals surface area contributed by atoms with E-state index in [9.17, 15) is 5.11 Å². The van der Waals surface area contributed by atoms with E-state index in [-0.39, 0.29) is 6.61 Å². The summed E-state index contributed by atoms with van der Waals surface area (Å²) < 4.78 is -0.673. The van der Waals surface area contributed by atoms with E-state index in [1.807, 2.05) is 24.3 Å². The van der Waals surface area contributed by atoms with Crippen molar-refractivity contribution in [1.82, 2.24) is 0 Å². The van der Waals surface area contributed by atoms with E-state index in [1.165, 1.54) is 19.3 Å². The van der Waals surface area contributed by atoms with Gasteiger partial charge < -0.3 is 5.32 Å². The maximum Gasteiger partial charge on any atom is 0.120 e. The van der Waals surface area contributed by atoms with E-state index >= 15 is 0 Å². The van der Waals surface area contributed by atoms with Gasteiger partial charge in [-0.1, -0.05) is 50.8 Å². The molecule has 1 radical (unpaired) electrons. The fourth-order valence-corrected chi connectivity index (χ4v) is 2.59. The second-order valence-electron chi connectivity index (χ2n) is 5.14. The third kappa shape index (κ3) is 6.83. The van der Waals surface area contributed by atoms with Crippen LogP contribution in [0.15, 0.2) is 24.3 Å². The number of unbranched alkanes of at least 4 members (excludes halogenated alkanes) is 3. The standard InChI is InChI=1S/C16H24Cl2NO/c1-2-3-4-7-10-16(17,18)11-12-19-15-9-6-5-8-14(15)13-20/h5-6,8-9,19H,2-4,7,10-13H2,1H3. The predicted octanol–water partition coefficient (Wildman–Crippen LogP) is 5.56. The van der Waals surface area contributed by atoms with Gasteiger partial charge in [-0.25, -0.2) is 5.11 Å². The number of hydrogen-bond acceptors (Lipinski definition) is 1. The molecule has 0 fully saturated rings. The highest BCUT2D eigenvalue weighted by Gasteiger charge is 2.22. The summed E-state index contributed by atoms with van der Waals surface area (Å²) >= 11 is 12.6. The van der Waals surface area contributed by atoms with Crippen LogP contribution in [0.1, 0.15) is 51.0 Å². The molecule has 1 N–H and O–H groups in total. The predicted molar refractivity (Wildman–Crippen MR) is 87.1 cm³/mol. The van der Waals surface area contributed by atoms with Crippen LogP contribution in [0, 0.1) is 0 Å². The molecular formula is C16H24Cl2NO. The molecule has 0 bridgehead atoms. The molecule has 0 aromatic heterocycles. The Kier molecular flexibility index (Phi) is 8.35. The Labute approximate surface area is 132 Å². The Hall–Kier alpha value is -0.440. The van der Waals surface area contributed by atoms with Crippen molar-refractivity contribution in [3.05, 3.63) is 29.8 Å². The lowest BCUT2D eigenvalue weighted by Gasteiger charge is -2.20. The van der Waals surface area contributed by atoms with Gasteiger partial charge in [-0.3, -0.25) is 0 Å². The third-order valence-electron chi connectivity index (χ3n) is 3.38. The Bertz CT molecular complexity index is 382. The molecule has 0 saturated heterocycles. The Morgan fingerprint density at radius 1 is 1.10 bits per heavy atom. The molecule has 0 saturated carbocycles. The zero-order valence-electron chi connectivity index (χ0n) is 12.1. The van der Waals surface area contributed by atoms with Crippen LogP contribution in [0.3, 0.4) is 0 Å². The second kappa shape index (κ2) is 9.49. The molecule has 1 aromatic carbocycles. The van der Waals surface area contributed by atoms with E-state index in [0.29, 0.717) is 13.0 Å².